The van der Waals surface area contributed by atoms with E-state index in [1.54, 1.807) is 6.20 Å². The van der Waals surface area contributed by atoms with Crippen molar-refractivity contribution in [2.75, 3.05) is 0 Å². The second kappa shape index (κ2) is 4.27. The van der Waals surface area contributed by atoms with Crippen LogP contribution in [0.2, 0.25) is 0 Å². The molecule has 15 heavy (non-hydrogen) atoms. The molecule has 0 fully saturated rings. The molecule has 2 aromatic heterocycles. The van der Waals surface area contributed by atoms with Crippen LogP contribution in [0.1, 0.15) is 24.4 Å². The van der Waals surface area contributed by atoms with Gasteiger partial charge in [0.25, 0.3) is 0 Å². The Balaban J connectivity index is 1.93. The highest BCUT2D eigenvalue weighted by Gasteiger charge is 2.08. The van der Waals surface area contributed by atoms with Crippen molar-refractivity contribution in [1.29, 1.82) is 0 Å². The molecular formula is C10H15N5. The van der Waals surface area contributed by atoms with Gasteiger partial charge < -0.3 is 5.32 Å². The average molecular weight is 205 g/mol. The maximum Gasteiger partial charge on any atom is 0.0547 e. The van der Waals surface area contributed by atoms with E-state index < -0.39 is 0 Å². The summed E-state index contributed by atoms with van der Waals surface area (Å²) in [5.74, 6) is 0. The fourth-order valence-corrected chi connectivity index (χ4v) is 1.56. The van der Waals surface area contributed by atoms with Crippen molar-refractivity contribution in [2.24, 2.45) is 7.05 Å². The minimum atomic E-state index is 0.279. The van der Waals surface area contributed by atoms with Gasteiger partial charge >= 0.3 is 0 Å². The number of aromatic amines is 1. The second-order valence-corrected chi connectivity index (χ2v) is 3.56. The van der Waals surface area contributed by atoms with E-state index in [4.69, 9.17) is 0 Å². The molecule has 0 aliphatic heterocycles. The predicted octanol–water partition coefficient (Wildman–Crippen LogP) is 0.994. The van der Waals surface area contributed by atoms with Gasteiger partial charge in [0.2, 0.25) is 0 Å². The first-order valence-electron chi connectivity index (χ1n) is 4.97. The quantitative estimate of drug-likeness (QED) is 0.782. The van der Waals surface area contributed by atoms with Crippen LogP contribution in [-0.4, -0.2) is 20.0 Å². The highest BCUT2D eigenvalue weighted by molar-refractivity contribution is 5.06. The van der Waals surface area contributed by atoms with Gasteiger partial charge in [0.1, 0.15) is 0 Å². The fraction of sp³-hybridized carbons (Fsp3) is 0.400. The topological polar surface area (TPSA) is 58.5 Å². The monoisotopic (exact) mass is 205 g/mol. The molecule has 5 nitrogen and oxygen atoms in total. The van der Waals surface area contributed by atoms with Crippen molar-refractivity contribution < 1.29 is 0 Å². The molecule has 1 unspecified atom stereocenters. The molecule has 0 spiro atoms. The van der Waals surface area contributed by atoms with Crippen LogP contribution < -0.4 is 5.32 Å². The number of hydrogen-bond acceptors (Lipinski definition) is 3. The van der Waals surface area contributed by atoms with E-state index >= 15 is 0 Å². The van der Waals surface area contributed by atoms with E-state index in [2.05, 4.69) is 27.5 Å². The van der Waals surface area contributed by atoms with Gasteiger partial charge in [-0.15, -0.1) is 0 Å². The van der Waals surface area contributed by atoms with Crippen LogP contribution in [0.5, 0.6) is 0 Å². The third-order valence-corrected chi connectivity index (χ3v) is 2.46. The Morgan fingerprint density at radius 3 is 2.93 bits per heavy atom. The number of hydrogen-bond donors (Lipinski definition) is 2. The first-order chi connectivity index (χ1) is 7.27. The average Bonchev–Trinajstić information content (AvgIpc) is 2.84. The van der Waals surface area contributed by atoms with Crippen LogP contribution in [0, 0.1) is 0 Å². The summed E-state index contributed by atoms with van der Waals surface area (Å²) in [5.41, 5.74) is 2.26. The van der Waals surface area contributed by atoms with Crippen molar-refractivity contribution >= 4 is 0 Å². The van der Waals surface area contributed by atoms with Crippen LogP contribution in [0.15, 0.2) is 24.5 Å². The molecule has 5 heteroatoms. The Labute approximate surface area is 88.5 Å². The molecule has 0 aromatic carbocycles. The number of aryl methyl sites for hydroxylation is 1. The van der Waals surface area contributed by atoms with Gasteiger partial charge in [-0.05, 0) is 19.1 Å². The molecule has 0 amide bonds. The van der Waals surface area contributed by atoms with Crippen LogP contribution in [0.4, 0.5) is 0 Å². The predicted molar refractivity (Wildman–Crippen MR) is 57.1 cm³/mol. The van der Waals surface area contributed by atoms with Gasteiger partial charge in [-0.2, -0.15) is 10.2 Å². The lowest BCUT2D eigenvalue weighted by Gasteiger charge is -2.13. The highest BCUT2D eigenvalue weighted by atomic mass is 15.3. The van der Waals surface area contributed by atoms with Crippen molar-refractivity contribution in [2.45, 2.75) is 19.5 Å². The van der Waals surface area contributed by atoms with Gasteiger partial charge in [0.15, 0.2) is 0 Å². The van der Waals surface area contributed by atoms with Gasteiger partial charge in [-0.1, -0.05) is 0 Å². The number of nitrogens with one attached hydrogen (secondary N) is 2. The standard InChI is InChI=1S/C10H15N5/c1-8(10-4-6-13-15(10)2)11-7-9-3-5-12-14-9/h3-6,8,11H,7H2,1-2H3,(H,12,14). The highest BCUT2D eigenvalue weighted by Crippen LogP contribution is 2.10. The minimum absolute atomic E-state index is 0.279. The van der Waals surface area contributed by atoms with Crippen molar-refractivity contribution in [3.8, 4) is 0 Å². The summed E-state index contributed by atoms with van der Waals surface area (Å²) in [4.78, 5) is 0. The molecular weight excluding hydrogens is 190 g/mol. The molecule has 1 atom stereocenters. The van der Waals surface area contributed by atoms with Gasteiger partial charge in [0.05, 0.1) is 5.69 Å². The van der Waals surface area contributed by atoms with Gasteiger partial charge in [0, 0.05) is 37.7 Å². The zero-order valence-corrected chi connectivity index (χ0v) is 8.94. The molecule has 2 N–H and O–H groups in total. The van der Waals surface area contributed by atoms with E-state index in [0.717, 1.165) is 12.2 Å². The maximum absolute atomic E-state index is 4.14. The maximum atomic E-state index is 4.14. The van der Waals surface area contributed by atoms with Crippen LogP contribution >= 0.6 is 0 Å². The number of rotatable bonds is 4. The summed E-state index contributed by atoms with van der Waals surface area (Å²) in [5, 5.41) is 14.4. The Morgan fingerprint density at radius 2 is 2.33 bits per heavy atom. The molecule has 2 aromatic rings. The van der Waals surface area contributed by atoms with Gasteiger partial charge in [-0.25, -0.2) is 0 Å². The zero-order valence-electron chi connectivity index (χ0n) is 8.94. The summed E-state index contributed by atoms with van der Waals surface area (Å²) in [6.45, 7) is 2.90. The number of H-pyrrole nitrogens is 1. The Morgan fingerprint density at radius 1 is 1.47 bits per heavy atom. The summed E-state index contributed by atoms with van der Waals surface area (Å²) < 4.78 is 1.88. The van der Waals surface area contributed by atoms with Crippen molar-refractivity contribution in [3.63, 3.8) is 0 Å². The molecule has 0 aliphatic carbocycles. The van der Waals surface area contributed by atoms with Crippen LogP contribution in [-0.2, 0) is 13.6 Å². The number of nitrogens with zero attached hydrogens (tertiary/aromatic N) is 3. The van der Waals surface area contributed by atoms with E-state index in [9.17, 15) is 0 Å². The first-order valence-corrected chi connectivity index (χ1v) is 4.97. The molecule has 0 bridgehead atoms. The lowest BCUT2D eigenvalue weighted by molar-refractivity contribution is 0.525. The largest absolute Gasteiger partial charge is 0.303 e. The molecule has 80 valence electrons. The Bertz CT molecular complexity index is 403. The van der Waals surface area contributed by atoms with Gasteiger partial charge in [-0.3, -0.25) is 9.78 Å². The van der Waals surface area contributed by atoms with Crippen molar-refractivity contribution in [1.82, 2.24) is 25.3 Å². The summed E-state index contributed by atoms with van der Waals surface area (Å²) in [7, 11) is 1.95. The minimum Gasteiger partial charge on any atom is -0.303 e. The van der Waals surface area contributed by atoms with E-state index in [1.807, 2.05) is 30.1 Å². The first kappa shape index (κ1) is 9.92. The lowest BCUT2D eigenvalue weighted by Crippen LogP contribution is -2.20. The summed E-state index contributed by atoms with van der Waals surface area (Å²) in [6, 6.07) is 4.26. The molecule has 0 aliphatic rings. The van der Waals surface area contributed by atoms with E-state index in [-0.39, 0.29) is 6.04 Å². The Kier molecular flexibility index (Phi) is 2.82. The summed E-state index contributed by atoms with van der Waals surface area (Å²) >= 11 is 0. The smallest absolute Gasteiger partial charge is 0.0547 e. The molecule has 0 saturated carbocycles. The zero-order chi connectivity index (χ0) is 10.7. The molecule has 2 rings (SSSR count). The van der Waals surface area contributed by atoms with Crippen LogP contribution in [0.25, 0.3) is 0 Å². The van der Waals surface area contributed by atoms with E-state index in [1.165, 1.54) is 5.69 Å². The molecule has 0 saturated heterocycles. The molecule has 2 heterocycles. The van der Waals surface area contributed by atoms with E-state index in [0.29, 0.717) is 0 Å². The Hall–Kier alpha value is -1.62. The SMILES string of the molecule is CC(NCc1ccn[nH]1)c1ccnn1C. The fourth-order valence-electron chi connectivity index (χ4n) is 1.56. The third kappa shape index (κ3) is 2.24. The van der Waals surface area contributed by atoms with Crippen molar-refractivity contribution in [3.05, 3.63) is 35.9 Å². The third-order valence-electron chi connectivity index (χ3n) is 2.46. The van der Waals surface area contributed by atoms with Crippen LogP contribution in [0.3, 0.4) is 0 Å². The second-order valence-electron chi connectivity index (χ2n) is 3.56. The lowest BCUT2D eigenvalue weighted by atomic mass is 10.2. The summed E-state index contributed by atoms with van der Waals surface area (Å²) in [6.07, 6.45) is 3.56. The normalized spacial score (nSPS) is 12.9. The molecule has 0 radical (unpaired) electrons. The number of aromatic nitrogens is 4.